The molecule has 247 valence electrons. The van der Waals surface area contributed by atoms with Crippen LogP contribution in [-0.2, 0) is 40.3 Å². The van der Waals surface area contributed by atoms with E-state index in [0.717, 1.165) is 47.4 Å². The van der Waals surface area contributed by atoms with Gasteiger partial charge >= 0.3 is 5.97 Å². The molecule has 48 heavy (non-hydrogen) atoms. The highest BCUT2D eigenvalue weighted by molar-refractivity contribution is 7.13. The number of rotatable bonds is 11. The molecule has 3 atom stereocenters. The third-order valence-electron chi connectivity index (χ3n) is 9.85. The minimum Gasteiger partial charge on any atom is -0.457 e. The Balaban J connectivity index is 1.15. The number of nitrogens with one attached hydrogen (secondary N) is 1. The van der Waals surface area contributed by atoms with E-state index in [1.54, 1.807) is 5.51 Å². The molecule has 7 nitrogen and oxygen atoms in total. The van der Waals surface area contributed by atoms with Crippen LogP contribution in [0.4, 0.5) is 0 Å². The molecule has 4 aromatic rings. The van der Waals surface area contributed by atoms with Crippen LogP contribution in [0.25, 0.3) is 10.4 Å². The fourth-order valence-corrected chi connectivity index (χ4v) is 8.64. The van der Waals surface area contributed by atoms with Gasteiger partial charge in [0.1, 0.15) is 6.61 Å². The second-order valence-corrected chi connectivity index (χ2v) is 14.8. The molecule has 0 spiro atoms. The number of hydrogen-bond acceptors (Lipinski definition) is 6. The first-order valence-electron chi connectivity index (χ1n) is 16.8. The average Bonchev–Trinajstić information content (AvgIpc) is 3.86. The lowest BCUT2D eigenvalue weighted by molar-refractivity contribution is -0.140. The van der Waals surface area contributed by atoms with Crippen LogP contribution in [0, 0.1) is 24.7 Å². The van der Waals surface area contributed by atoms with Gasteiger partial charge in [-0.05, 0) is 78.3 Å². The normalized spacial score (nSPS) is 17.3. The summed E-state index contributed by atoms with van der Waals surface area (Å²) in [6.07, 6.45) is 3.44. The van der Waals surface area contributed by atoms with E-state index in [2.05, 4.69) is 58.7 Å². The quantitative estimate of drug-likeness (QED) is 0.141. The SMILES string of the molecule is Cc1ncsc1-c1ccc(CNC(=O)C([Si])[C@@H]2CCCN2C(=O)[C@@H](C(C)C)C2Cc3ccccc3C2)c(C(=O)OCc2ccccc2)c1. The van der Waals surface area contributed by atoms with Crippen molar-refractivity contribution < 1.29 is 19.1 Å². The van der Waals surface area contributed by atoms with E-state index in [4.69, 9.17) is 4.74 Å². The van der Waals surface area contributed by atoms with Gasteiger partial charge in [-0.3, -0.25) is 9.59 Å². The van der Waals surface area contributed by atoms with Crippen molar-refractivity contribution in [1.29, 1.82) is 0 Å². The molecule has 2 heterocycles. The number of aryl methyl sites for hydroxylation is 1. The van der Waals surface area contributed by atoms with Crippen molar-refractivity contribution in [3.05, 3.63) is 112 Å². The van der Waals surface area contributed by atoms with Crippen molar-refractivity contribution in [2.24, 2.45) is 17.8 Å². The maximum Gasteiger partial charge on any atom is 0.338 e. The number of hydrogen-bond donors (Lipinski definition) is 1. The number of fused-ring (bicyclic) bond motifs is 1. The molecule has 1 aliphatic heterocycles. The van der Waals surface area contributed by atoms with Gasteiger partial charge in [0.25, 0.3) is 0 Å². The van der Waals surface area contributed by atoms with E-state index in [1.165, 1.54) is 22.5 Å². The van der Waals surface area contributed by atoms with Crippen LogP contribution in [0.5, 0.6) is 0 Å². The molecule has 1 fully saturated rings. The predicted octanol–water partition coefficient (Wildman–Crippen LogP) is 6.73. The monoisotopic (exact) mass is 676 g/mol. The fourth-order valence-electron chi connectivity index (χ4n) is 7.39. The standard InChI is InChI=1S/C39H42N3O4SSi/c1-24(2)34(31-18-27-12-7-8-13-28(27)19-31)38(44)42-17-9-14-33(42)36(48)37(43)40-21-30-16-15-29(35-25(3)41-23-47-35)20-32(30)39(45)46-22-26-10-5-4-6-11-26/h4-8,10-13,15-16,20,23-24,31,33-34,36H,9,14,17-19,21-22H2,1-3H3,(H,40,43)/t33-,34-,36?/m0/s1. The molecule has 2 amide bonds. The first-order chi connectivity index (χ1) is 23.2. The van der Waals surface area contributed by atoms with Crippen LogP contribution >= 0.6 is 11.3 Å². The lowest BCUT2D eigenvalue weighted by Crippen LogP contribution is -2.48. The summed E-state index contributed by atoms with van der Waals surface area (Å²) >= 11 is 1.51. The molecular formula is C39H42N3O4SSi. The third kappa shape index (κ3) is 7.32. The van der Waals surface area contributed by atoms with Crippen molar-refractivity contribution in [2.45, 2.75) is 71.2 Å². The van der Waals surface area contributed by atoms with Crippen molar-refractivity contribution >= 4 is 39.4 Å². The Morgan fingerprint density at radius 3 is 2.40 bits per heavy atom. The number of carbonyl (C=O) groups is 3. The predicted molar refractivity (Wildman–Crippen MR) is 190 cm³/mol. The van der Waals surface area contributed by atoms with Gasteiger partial charge in [-0.25, -0.2) is 9.78 Å². The highest BCUT2D eigenvalue weighted by Crippen LogP contribution is 2.38. The Morgan fingerprint density at radius 1 is 1.02 bits per heavy atom. The topological polar surface area (TPSA) is 88.6 Å². The van der Waals surface area contributed by atoms with E-state index in [9.17, 15) is 14.4 Å². The molecule has 1 aliphatic carbocycles. The smallest absolute Gasteiger partial charge is 0.338 e. The number of nitrogens with zero attached hydrogens (tertiary/aromatic N) is 2. The average molecular weight is 677 g/mol. The Labute approximate surface area is 290 Å². The summed E-state index contributed by atoms with van der Waals surface area (Å²) in [4.78, 5) is 48.6. The Kier molecular flexibility index (Phi) is 10.6. The summed E-state index contributed by atoms with van der Waals surface area (Å²) in [5, 5.41) is 3.05. The first kappa shape index (κ1) is 33.8. The van der Waals surface area contributed by atoms with Crippen molar-refractivity contribution in [3.63, 3.8) is 0 Å². The van der Waals surface area contributed by atoms with Crippen LogP contribution < -0.4 is 5.32 Å². The highest BCUT2D eigenvalue weighted by Gasteiger charge is 2.42. The number of amides is 2. The fraction of sp³-hybridized carbons (Fsp3) is 0.385. The van der Waals surface area contributed by atoms with Crippen LogP contribution in [0.1, 0.15) is 65.0 Å². The molecule has 2 aliphatic rings. The molecular weight excluding hydrogens is 635 g/mol. The van der Waals surface area contributed by atoms with Gasteiger partial charge in [0.15, 0.2) is 0 Å². The number of benzene rings is 3. The van der Waals surface area contributed by atoms with Crippen LogP contribution in [0.3, 0.4) is 0 Å². The van der Waals surface area contributed by atoms with Gasteiger partial charge in [-0.15, -0.1) is 11.3 Å². The minimum absolute atomic E-state index is 0.106. The lowest BCUT2D eigenvalue weighted by atomic mass is 9.80. The van der Waals surface area contributed by atoms with Crippen molar-refractivity contribution in [2.75, 3.05) is 6.54 Å². The molecule has 1 saturated heterocycles. The number of esters is 1. The molecule has 3 aromatic carbocycles. The van der Waals surface area contributed by atoms with E-state index >= 15 is 0 Å². The van der Waals surface area contributed by atoms with E-state index in [0.29, 0.717) is 17.7 Å². The largest absolute Gasteiger partial charge is 0.457 e. The van der Waals surface area contributed by atoms with Gasteiger partial charge in [0.2, 0.25) is 11.8 Å². The summed E-state index contributed by atoms with van der Waals surface area (Å²) in [5.41, 5.74) is 7.60. The van der Waals surface area contributed by atoms with Gasteiger partial charge in [-0.2, -0.15) is 0 Å². The lowest BCUT2D eigenvalue weighted by Gasteiger charge is -2.35. The van der Waals surface area contributed by atoms with E-state index in [-0.39, 0.29) is 48.8 Å². The van der Waals surface area contributed by atoms with E-state index in [1.807, 2.05) is 60.4 Å². The number of carbonyl (C=O) groups excluding carboxylic acids is 3. The number of aromatic nitrogens is 1. The number of likely N-dealkylation sites (tertiary alicyclic amines) is 1. The van der Waals surface area contributed by atoms with Crippen molar-refractivity contribution in [3.8, 4) is 10.4 Å². The van der Waals surface area contributed by atoms with Gasteiger partial charge in [0.05, 0.1) is 21.6 Å². The summed E-state index contributed by atoms with van der Waals surface area (Å²) in [6.45, 7) is 7.16. The summed E-state index contributed by atoms with van der Waals surface area (Å²) in [6, 6.07) is 23.5. The molecule has 0 saturated carbocycles. The second-order valence-electron chi connectivity index (χ2n) is 13.3. The summed E-state index contributed by atoms with van der Waals surface area (Å²) in [7, 11) is 3.75. The van der Waals surface area contributed by atoms with Gasteiger partial charge in [-0.1, -0.05) is 80.6 Å². The molecule has 1 unspecified atom stereocenters. The van der Waals surface area contributed by atoms with Crippen LogP contribution in [0.15, 0.2) is 78.3 Å². The molecule has 1 N–H and O–H groups in total. The highest BCUT2D eigenvalue weighted by atomic mass is 32.1. The first-order valence-corrected chi connectivity index (χ1v) is 18.3. The minimum atomic E-state index is -0.586. The van der Waals surface area contributed by atoms with Gasteiger partial charge < -0.3 is 15.0 Å². The number of ether oxygens (including phenoxy) is 1. The molecule has 9 heteroatoms. The van der Waals surface area contributed by atoms with Crippen LogP contribution in [-0.4, -0.2) is 50.5 Å². The Bertz CT molecular complexity index is 1750. The summed E-state index contributed by atoms with van der Waals surface area (Å²) in [5.74, 6) is -0.171. The van der Waals surface area contributed by atoms with E-state index < -0.39 is 11.5 Å². The van der Waals surface area contributed by atoms with Crippen molar-refractivity contribution in [1.82, 2.24) is 15.2 Å². The second kappa shape index (κ2) is 15.0. The maximum absolute atomic E-state index is 14.2. The zero-order valence-electron chi connectivity index (χ0n) is 27.8. The zero-order valence-corrected chi connectivity index (χ0v) is 29.6. The molecule has 1 aromatic heterocycles. The Morgan fingerprint density at radius 2 is 1.73 bits per heavy atom. The number of thiazole rings is 1. The molecule has 0 bridgehead atoms. The maximum atomic E-state index is 14.2. The van der Waals surface area contributed by atoms with Crippen LogP contribution in [0.2, 0.25) is 5.54 Å². The zero-order chi connectivity index (χ0) is 33.8. The molecule has 6 rings (SSSR count). The van der Waals surface area contributed by atoms with Gasteiger partial charge in [0, 0.05) is 40.8 Å². The molecule has 3 radical (unpaired) electrons. The summed E-state index contributed by atoms with van der Waals surface area (Å²) < 4.78 is 5.72. The third-order valence-corrected chi connectivity index (χ3v) is 11.5. The Hall–Kier alpha value is -4.08.